The zero-order valence-electron chi connectivity index (χ0n) is 16.5. The molecule has 0 saturated carbocycles. The van der Waals surface area contributed by atoms with Crippen molar-refractivity contribution in [2.24, 2.45) is 11.7 Å². The molecule has 6 nitrogen and oxygen atoms in total. The number of likely N-dealkylation sites (tertiary alicyclic amines) is 1. The maximum absolute atomic E-state index is 13.0. The molecule has 2 aliphatic rings. The van der Waals surface area contributed by atoms with Crippen molar-refractivity contribution >= 4 is 17.9 Å². The first-order valence-corrected chi connectivity index (χ1v) is 10.2. The first-order chi connectivity index (χ1) is 13.6. The molecule has 28 heavy (non-hydrogen) atoms. The van der Waals surface area contributed by atoms with Crippen LogP contribution in [0.1, 0.15) is 31.2 Å². The van der Waals surface area contributed by atoms with E-state index >= 15 is 0 Å². The van der Waals surface area contributed by atoms with Gasteiger partial charge in [0.15, 0.2) is 0 Å². The van der Waals surface area contributed by atoms with Crippen molar-refractivity contribution < 1.29 is 14.3 Å². The van der Waals surface area contributed by atoms with Gasteiger partial charge in [-0.3, -0.25) is 14.5 Å². The Hall–Kier alpha value is -2.18. The van der Waals surface area contributed by atoms with E-state index in [9.17, 15) is 9.59 Å². The van der Waals surface area contributed by atoms with Gasteiger partial charge < -0.3 is 15.4 Å². The highest BCUT2D eigenvalue weighted by Gasteiger charge is 2.27. The number of benzene rings is 1. The molecule has 0 aliphatic carbocycles. The number of piperidine rings is 1. The number of amides is 2. The summed E-state index contributed by atoms with van der Waals surface area (Å²) in [6.45, 7) is 3.87. The van der Waals surface area contributed by atoms with Gasteiger partial charge in [0.25, 0.3) is 0 Å². The second-order valence-electron chi connectivity index (χ2n) is 7.70. The Morgan fingerprint density at radius 3 is 2.57 bits per heavy atom. The molecule has 0 spiro atoms. The monoisotopic (exact) mass is 385 g/mol. The summed E-state index contributed by atoms with van der Waals surface area (Å²) in [5.74, 6) is -0.161. The van der Waals surface area contributed by atoms with Gasteiger partial charge in [0.1, 0.15) is 0 Å². The van der Waals surface area contributed by atoms with Crippen LogP contribution >= 0.6 is 0 Å². The average molecular weight is 386 g/mol. The summed E-state index contributed by atoms with van der Waals surface area (Å²) >= 11 is 0. The lowest BCUT2D eigenvalue weighted by Gasteiger charge is -2.32. The first kappa shape index (κ1) is 20.6. The van der Waals surface area contributed by atoms with Gasteiger partial charge in [0.2, 0.25) is 11.8 Å². The zero-order chi connectivity index (χ0) is 19.8. The molecule has 0 unspecified atom stereocenters. The quantitative estimate of drug-likeness (QED) is 0.742. The van der Waals surface area contributed by atoms with E-state index in [-0.39, 0.29) is 23.8 Å². The van der Waals surface area contributed by atoms with Gasteiger partial charge >= 0.3 is 0 Å². The third kappa shape index (κ3) is 6.17. The topological polar surface area (TPSA) is 75.9 Å². The first-order valence-electron chi connectivity index (χ1n) is 10.2. The molecule has 6 heteroatoms. The van der Waals surface area contributed by atoms with Crippen molar-refractivity contribution in [2.75, 3.05) is 39.3 Å². The normalized spacial score (nSPS) is 21.2. The van der Waals surface area contributed by atoms with Gasteiger partial charge in [-0.25, -0.2) is 0 Å². The van der Waals surface area contributed by atoms with E-state index in [0.29, 0.717) is 19.6 Å². The van der Waals surface area contributed by atoms with Crippen LogP contribution in [0, 0.1) is 5.92 Å². The minimum absolute atomic E-state index is 0.0526. The lowest BCUT2D eigenvalue weighted by atomic mass is 9.96. The van der Waals surface area contributed by atoms with Crippen molar-refractivity contribution in [3.63, 3.8) is 0 Å². The summed E-state index contributed by atoms with van der Waals surface area (Å²) in [5.41, 5.74) is 6.53. The number of nitrogens with zero attached hydrogens (tertiary/aromatic N) is 2. The number of carbonyl (C=O) groups excluding carboxylic acids is 2. The summed E-state index contributed by atoms with van der Waals surface area (Å²) in [7, 11) is 0. The van der Waals surface area contributed by atoms with Crippen molar-refractivity contribution in [3.8, 4) is 0 Å². The van der Waals surface area contributed by atoms with E-state index in [0.717, 1.165) is 50.9 Å². The van der Waals surface area contributed by atoms with Crippen LogP contribution in [-0.4, -0.2) is 67.0 Å². The molecule has 0 aromatic heterocycles. The minimum atomic E-state index is -0.225. The lowest BCUT2D eigenvalue weighted by molar-refractivity contribution is -0.133. The van der Waals surface area contributed by atoms with Crippen LogP contribution in [0.15, 0.2) is 36.4 Å². The van der Waals surface area contributed by atoms with Gasteiger partial charge in [-0.15, -0.1) is 0 Å². The van der Waals surface area contributed by atoms with Crippen molar-refractivity contribution in [3.05, 3.63) is 42.0 Å². The van der Waals surface area contributed by atoms with Gasteiger partial charge in [0, 0.05) is 25.6 Å². The predicted octanol–water partition coefficient (Wildman–Crippen LogP) is 1.90. The van der Waals surface area contributed by atoms with Crippen LogP contribution in [0.3, 0.4) is 0 Å². The molecular formula is C22H31N3O3. The van der Waals surface area contributed by atoms with E-state index in [1.54, 1.807) is 0 Å². The summed E-state index contributed by atoms with van der Waals surface area (Å²) in [6, 6.07) is 10.1. The second-order valence-corrected chi connectivity index (χ2v) is 7.70. The number of ether oxygens (including phenoxy) is 1. The molecule has 1 aromatic rings. The average Bonchev–Trinajstić information content (AvgIpc) is 3.21. The van der Waals surface area contributed by atoms with Crippen LogP contribution in [0.2, 0.25) is 0 Å². The Morgan fingerprint density at radius 2 is 1.93 bits per heavy atom. The molecule has 2 saturated heterocycles. The van der Waals surface area contributed by atoms with Crippen molar-refractivity contribution in [2.45, 2.75) is 31.8 Å². The minimum Gasteiger partial charge on any atom is -0.376 e. The third-order valence-electron chi connectivity index (χ3n) is 5.59. The summed E-state index contributed by atoms with van der Waals surface area (Å²) in [4.78, 5) is 28.3. The van der Waals surface area contributed by atoms with E-state index in [1.807, 2.05) is 47.4 Å². The van der Waals surface area contributed by atoms with Gasteiger partial charge in [0.05, 0.1) is 12.6 Å². The summed E-state index contributed by atoms with van der Waals surface area (Å²) in [6.07, 6.45) is 7.78. The summed E-state index contributed by atoms with van der Waals surface area (Å²) in [5, 5.41) is 0. The molecule has 152 valence electrons. The van der Waals surface area contributed by atoms with Gasteiger partial charge in [-0.1, -0.05) is 42.5 Å². The van der Waals surface area contributed by atoms with E-state index in [1.165, 1.54) is 0 Å². The molecule has 3 rings (SSSR count). The number of hydrogen-bond acceptors (Lipinski definition) is 4. The maximum Gasteiger partial charge on any atom is 0.237 e. The number of primary amides is 1. The Labute approximate surface area is 167 Å². The standard InChI is InChI=1S/C22H31N3O3/c23-22(27)19-10-13-24(14-11-19)17-21(26)25(16-20-9-5-15-28-20)12-4-8-18-6-2-1-3-7-18/h1-4,6-8,19-20H,5,9-17H2,(H2,23,27)/b8-4+/t20-/m0/s1. The molecule has 2 heterocycles. The molecule has 0 bridgehead atoms. The van der Waals surface area contributed by atoms with Crippen LogP contribution in [0.4, 0.5) is 0 Å². The SMILES string of the molecule is NC(=O)C1CCN(CC(=O)N(C/C=C/c2ccccc2)C[C@@H]2CCCO2)CC1. The number of carbonyl (C=O) groups is 2. The highest BCUT2D eigenvalue weighted by Crippen LogP contribution is 2.18. The molecule has 1 aromatic carbocycles. The molecule has 0 radical (unpaired) electrons. The van der Waals surface area contributed by atoms with Gasteiger partial charge in [-0.05, 0) is 44.3 Å². The summed E-state index contributed by atoms with van der Waals surface area (Å²) < 4.78 is 5.75. The highest BCUT2D eigenvalue weighted by atomic mass is 16.5. The Balaban J connectivity index is 1.55. The predicted molar refractivity (Wildman–Crippen MR) is 109 cm³/mol. The fraction of sp³-hybridized carbons (Fsp3) is 0.545. The highest BCUT2D eigenvalue weighted by molar-refractivity contribution is 5.79. The van der Waals surface area contributed by atoms with Crippen LogP contribution < -0.4 is 5.73 Å². The van der Waals surface area contributed by atoms with E-state index < -0.39 is 0 Å². The Morgan fingerprint density at radius 1 is 1.18 bits per heavy atom. The number of rotatable bonds is 8. The maximum atomic E-state index is 13.0. The Kier molecular flexibility index (Phi) is 7.62. The lowest BCUT2D eigenvalue weighted by Crippen LogP contribution is -2.46. The smallest absolute Gasteiger partial charge is 0.237 e. The Bertz CT molecular complexity index is 663. The third-order valence-corrected chi connectivity index (χ3v) is 5.59. The molecular weight excluding hydrogens is 354 g/mol. The van der Waals surface area contributed by atoms with Crippen LogP contribution in [0.25, 0.3) is 6.08 Å². The molecule has 2 amide bonds. The molecule has 2 aliphatic heterocycles. The van der Waals surface area contributed by atoms with Crippen molar-refractivity contribution in [1.82, 2.24) is 9.80 Å². The largest absolute Gasteiger partial charge is 0.376 e. The van der Waals surface area contributed by atoms with Crippen molar-refractivity contribution in [1.29, 1.82) is 0 Å². The van der Waals surface area contributed by atoms with Crippen LogP contribution in [0.5, 0.6) is 0 Å². The fourth-order valence-corrected chi connectivity index (χ4v) is 3.86. The molecule has 1 atom stereocenters. The zero-order valence-corrected chi connectivity index (χ0v) is 16.5. The molecule has 2 fully saturated rings. The van der Waals surface area contributed by atoms with E-state index in [4.69, 9.17) is 10.5 Å². The van der Waals surface area contributed by atoms with Gasteiger partial charge in [-0.2, -0.15) is 0 Å². The second kappa shape index (κ2) is 10.4. The number of hydrogen-bond donors (Lipinski definition) is 1. The fourth-order valence-electron chi connectivity index (χ4n) is 3.86. The van der Waals surface area contributed by atoms with Crippen LogP contribution in [-0.2, 0) is 14.3 Å². The molecule has 2 N–H and O–H groups in total. The number of nitrogens with two attached hydrogens (primary N) is 1. The van der Waals surface area contributed by atoms with E-state index in [2.05, 4.69) is 4.90 Å².